The van der Waals surface area contributed by atoms with Gasteiger partial charge in [-0.25, -0.2) is 8.78 Å². The van der Waals surface area contributed by atoms with Crippen LogP contribution in [0.1, 0.15) is 18.2 Å². The fraction of sp³-hybridized carbons (Fsp3) is 0.250. The molecule has 0 saturated heterocycles. The second kappa shape index (κ2) is 4.38. The molecule has 0 aliphatic heterocycles. The molecule has 2 atom stereocenters. The Hall–Kier alpha value is -1.81. The van der Waals surface area contributed by atoms with Gasteiger partial charge in [0.1, 0.15) is 0 Å². The molecule has 1 fully saturated rings. The Kier molecular flexibility index (Phi) is 2.82. The summed E-state index contributed by atoms with van der Waals surface area (Å²) < 4.78 is 31.4. The summed E-state index contributed by atoms with van der Waals surface area (Å²) in [7, 11) is 0. The van der Waals surface area contributed by atoms with Crippen molar-refractivity contribution in [2.24, 2.45) is 5.92 Å². The number of nitrogens with zero attached hydrogens (tertiary/aromatic N) is 3. The van der Waals surface area contributed by atoms with E-state index in [0.717, 1.165) is 6.07 Å². The first-order valence-corrected chi connectivity index (χ1v) is 6.28. The van der Waals surface area contributed by atoms with E-state index in [-0.39, 0.29) is 22.1 Å². The number of hydrogen-bond donors (Lipinski definition) is 0. The van der Waals surface area contributed by atoms with Crippen LogP contribution in [0.5, 0.6) is 0 Å². The fourth-order valence-corrected chi connectivity index (χ4v) is 2.30. The van der Waals surface area contributed by atoms with Gasteiger partial charge >= 0.3 is 0 Å². The highest BCUT2D eigenvalue weighted by Gasteiger charge is 2.43. The molecule has 96 valence electrons. The normalized spacial score (nSPS) is 21.2. The van der Waals surface area contributed by atoms with Gasteiger partial charge in [0.25, 0.3) is 0 Å². The molecule has 0 amide bonds. The third-order valence-electron chi connectivity index (χ3n) is 2.99. The molecule has 3 rings (SSSR count). The predicted molar refractivity (Wildman–Crippen MR) is 63.8 cm³/mol. The largest absolute Gasteiger partial charge is 0.339 e. The second-order valence-electron chi connectivity index (χ2n) is 4.26. The van der Waals surface area contributed by atoms with Crippen molar-refractivity contribution < 1.29 is 13.3 Å². The minimum Gasteiger partial charge on any atom is -0.339 e. The van der Waals surface area contributed by atoms with Gasteiger partial charge in [-0.2, -0.15) is 10.2 Å². The van der Waals surface area contributed by atoms with Crippen molar-refractivity contribution in [2.45, 2.75) is 12.3 Å². The summed E-state index contributed by atoms with van der Waals surface area (Å²) in [5, 5.41) is 12.5. The topological polar surface area (TPSA) is 62.7 Å². The molecule has 19 heavy (non-hydrogen) atoms. The summed E-state index contributed by atoms with van der Waals surface area (Å²) in [6.45, 7) is 0. The van der Waals surface area contributed by atoms with Crippen LogP contribution >= 0.6 is 15.9 Å². The molecule has 1 heterocycles. The first-order chi connectivity index (χ1) is 9.11. The molecule has 1 aliphatic carbocycles. The van der Waals surface area contributed by atoms with Crippen LogP contribution in [-0.4, -0.2) is 10.1 Å². The molecule has 1 aromatic carbocycles. The van der Waals surface area contributed by atoms with E-state index in [0.29, 0.717) is 17.9 Å². The van der Waals surface area contributed by atoms with Gasteiger partial charge < -0.3 is 4.52 Å². The van der Waals surface area contributed by atoms with Crippen LogP contribution in [0, 0.1) is 28.9 Å². The van der Waals surface area contributed by atoms with Crippen LogP contribution in [-0.2, 0) is 0 Å². The standard InChI is InChI=1S/C12H6BrF2N3O/c13-9-6(1-2-8(14)10(9)15)11-17-12(19-18-11)7-3-5(7)4-16/h1-2,5,7H,3H2. The predicted octanol–water partition coefficient (Wildman–Crippen LogP) is 3.40. The van der Waals surface area contributed by atoms with Crippen LogP contribution in [0.15, 0.2) is 21.1 Å². The van der Waals surface area contributed by atoms with Gasteiger partial charge in [-0.1, -0.05) is 5.16 Å². The van der Waals surface area contributed by atoms with Crippen LogP contribution in [0.25, 0.3) is 11.4 Å². The van der Waals surface area contributed by atoms with Crippen molar-refractivity contribution in [1.29, 1.82) is 5.26 Å². The lowest BCUT2D eigenvalue weighted by molar-refractivity contribution is 0.378. The molecule has 4 nitrogen and oxygen atoms in total. The first-order valence-electron chi connectivity index (χ1n) is 5.49. The Morgan fingerprint density at radius 3 is 2.89 bits per heavy atom. The molecule has 0 spiro atoms. The van der Waals surface area contributed by atoms with Crippen molar-refractivity contribution in [1.82, 2.24) is 10.1 Å². The van der Waals surface area contributed by atoms with Crippen LogP contribution in [0.3, 0.4) is 0 Å². The zero-order valence-corrected chi connectivity index (χ0v) is 11.0. The molecular weight excluding hydrogens is 320 g/mol. The Morgan fingerprint density at radius 2 is 2.21 bits per heavy atom. The molecule has 1 aliphatic rings. The van der Waals surface area contributed by atoms with Crippen molar-refractivity contribution in [3.8, 4) is 17.5 Å². The van der Waals surface area contributed by atoms with Gasteiger partial charge in [0, 0.05) is 5.56 Å². The number of nitriles is 1. The quantitative estimate of drug-likeness (QED) is 0.794. The molecule has 1 saturated carbocycles. The molecular formula is C12H6BrF2N3O. The third-order valence-corrected chi connectivity index (χ3v) is 3.77. The summed E-state index contributed by atoms with van der Waals surface area (Å²) in [6, 6.07) is 4.49. The summed E-state index contributed by atoms with van der Waals surface area (Å²) in [5.74, 6) is -1.56. The van der Waals surface area contributed by atoms with Gasteiger partial charge in [0.2, 0.25) is 11.7 Å². The van der Waals surface area contributed by atoms with Crippen LogP contribution in [0.2, 0.25) is 0 Å². The summed E-state index contributed by atoms with van der Waals surface area (Å²) >= 11 is 2.97. The van der Waals surface area contributed by atoms with Crippen molar-refractivity contribution in [2.75, 3.05) is 0 Å². The average molecular weight is 326 g/mol. The molecule has 0 bridgehead atoms. The number of benzene rings is 1. The average Bonchev–Trinajstić information content (AvgIpc) is 3.05. The molecule has 0 radical (unpaired) electrons. The highest BCUT2D eigenvalue weighted by Crippen LogP contribution is 2.46. The maximum atomic E-state index is 13.4. The molecule has 1 aromatic heterocycles. The Morgan fingerprint density at radius 1 is 1.42 bits per heavy atom. The zero-order valence-electron chi connectivity index (χ0n) is 9.40. The van der Waals surface area contributed by atoms with E-state index in [1.54, 1.807) is 0 Å². The molecule has 2 aromatic rings. The maximum Gasteiger partial charge on any atom is 0.231 e. The third kappa shape index (κ3) is 2.02. The van der Waals surface area contributed by atoms with Crippen molar-refractivity contribution in [3.63, 3.8) is 0 Å². The van der Waals surface area contributed by atoms with E-state index in [1.165, 1.54) is 6.07 Å². The van der Waals surface area contributed by atoms with E-state index in [2.05, 4.69) is 32.1 Å². The Balaban J connectivity index is 1.96. The summed E-state index contributed by atoms with van der Waals surface area (Å²) in [6.07, 6.45) is 0.692. The van der Waals surface area contributed by atoms with Gasteiger partial charge in [0.15, 0.2) is 11.6 Å². The highest BCUT2D eigenvalue weighted by atomic mass is 79.9. The van der Waals surface area contributed by atoms with E-state index in [1.807, 2.05) is 0 Å². The maximum absolute atomic E-state index is 13.4. The summed E-state index contributed by atoms with van der Waals surface area (Å²) in [4.78, 5) is 4.12. The van der Waals surface area contributed by atoms with E-state index < -0.39 is 11.6 Å². The number of aromatic nitrogens is 2. The second-order valence-corrected chi connectivity index (χ2v) is 5.05. The van der Waals surface area contributed by atoms with Crippen molar-refractivity contribution >= 4 is 15.9 Å². The zero-order chi connectivity index (χ0) is 13.6. The van der Waals surface area contributed by atoms with Crippen LogP contribution in [0.4, 0.5) is 8.78 Å². The molecule has 2 unspecified atom stereocenters. The minimum atomic E-state index is -0.995. The summed E-state index contributed by atoms with van der Waals surface area (Å²) in [5.41, 5.74) is 0.308. The molecule has 7 heteroatoms. The number of rotatable bonds is 2. The van der Waals surface area contributed by atoms with Gasteiger partial charge in [-0.05, 0) is 34.5 Å². The first kappa shape index (κ1) is 12.2. The monoisotopic (exact) mass is 325 g/mol. The van der Waals surface area contributed by atoms with Gasteiger partial charge in [0.05, 0.1) is 22.4 Å². The number of halogens is 3. The lowest BCUT2D eigenvalue weighted by atomic mass is 10.2. The van der Waals surface area contributed by atoms with Crippen LogP contribution < -0.4 is 0 Å². The lowest BCUT2D eigenvalue weighted by Gasteiger charge is -2.00. The lowest BCUT2D eigenvalue weighted by Crippen LogP contribution is -1.91. The minimum absolute atomic E-state index is 0.0460. The smallest absolute Gasteiger partial charge is 0.231 e. The number of hydrogen-bond acceptors (Lipinski definition) is 4. The fourth-order valence-electron chi connectivity index (χ4n) is 1.80. The van der Waals surface area contributed by atoms with E-state index in [9.17, 15) is 8.78 Å². The van der Waals surface area contributed by atoms with Gasteiger partial charge in [-0.15, -0.1) is 0 Å². The Labute approximate surface area is 115 Å². The Bertz CT molecular complexity index is 695. The van der Waals surface area contributed by atoms with E-state index >= 15 is 0 Å². The van der Waals surface area contributed by atoms with Crippen molar-refractivity contribution in [3.05, 3.63) is 34.1 Å². The molecule has 0 N–H and O–H groups in total. The van der Waals surface area contributed by atoms with E-state index in [4.69, 9.17) is 9.78 Å². The SMILES string of the molecule is N#CC1CC1c1nc(-c2ccc(F)c(F)c2Br)no1. The van der Waals surface area contributed by atoms with Gasteiger partial charge in [-0.3, -0.25) is 0 Å². The highest BCUT2D eigenvalue weighted by molar-refractivity contribution is 9.10.